The van der Waals surface area contributed by atoms with Crippen molar-refractivity contribution < 1.29 is 14.3 Å². The number of aryl methyl sites for hydroxylation is 1. The van der Waals surface area contributed by atoms with Crippen molar-refractivity contribution in [3.63, 3.8) is 0 Å². The van der Waals surface area contributed by atoms with Crippen LogP contribution < -0.4 is 4.74 Å². The van der Waals surface area contributed by atoms with E-state index >= 15 is 0 Å². The van der Waals surface area contributed by atoms with Crippen molar-refractivity contribution in [1.29, 1.82) is 0 Å². The minimum atomic E-state index is -0.367. The maximum Gasteiger partial charge on any atom is 0.337 e. The van der Waals surface area contributed by atoms with E-state index in [4.69, 9.17) is 4.74 Å². The molecule has 0 N–H and O–H groups in total. The van der Waals surface area contributed by atoms with E-state index in [9.17, 15) is 4.79 Å². The fraction of sp³-hybridized carbons (Fsp3) is 0.364. The van der Waals surface area contributed by atoms with Gasteiger partial charge in [0.25, 0.3) is 0 Å². The van der Waals surface area contributed by atoms with Crippen LogP contribution in [-0.4, -0.2) is 19.7 Å². The fourth-order valence-corrected chi connectivity index (χ4v) is 1.17. The molecule has 1 rings (SSSR count). The van der Waals surface area contributed by atoms with Gasteiger partial charge in [-0.3, -0.25) is 0 Å². The van der Waals surface area contributed by atoms with Gasteiger partial charge in [-0.05, 0) is 18.1 Å². The second kappa shape index (κ2) is 5.40. The number of ether oxygens (including phenoxy) is 2. The molecule has 0 saturated carbocycles. The lowest BCUT2D eigenvalue weighted by atomic mass is 10.1. The van der Waals surface area contributed by atoms with E-state index in [-0.39, 0.29) is 12.6 Å². The zero-order chi connectivity index (χ0) is 10.4. The fourth-order valence-electron chi connectivity index (χ4n) is 1.17. The highest BCUT2D eigenvalue weighted by Crippen LogP contribution is 2.18. The highest BCUT2D eigenvalue weighted by Gasteiger charge is 2.06. The summed E-state index contributed by atoms with van der Waals surface area (Å²) in [5, 5.41) is 0. The lowest BCUT2D eigenvalue weighted by molar-refractivity contribution is -0.138. The van der Waals surface area contributed by atoms with Crippen molar-refractivity contribution in [2.75, 3.05) is 13.7 Å². The Labute approximate surface area is 83.6 Å². The second-order valence-electron chi connectivity index (χ2n) is 2.87. The highest BCUT2D eigenvalue weighted by atomic mass is 16.6. The molecule has 0 aliphatic carbocycles. The number of para-hydroxylation sites is 1. The SMILES string of the molecule is CCc1ccccc1OC(=O)COC. The van der Waals surface area contributed by atoms with Gasteiger partial charge in [-0.15, -0.1) is 0 Å². The summed E-state index contributed by atoms with van der Waals surface area (Å²) in [4.78, 5) is 11.1. The van der Waals surface area contributed by atoms with Crippen LogP contribution in [0.15, 0.2) is 24.3 Å². The largest absolute Gasteiger partial charge is 0.425 e. The molecule has 14 heavy (non-hydrogen) atoms. The molecule has 0 aromatic heterocycles. The van der Waals surface area contributed by atoms with Gasteiger partial charge in [0.15, 0.2) is 0 Å². The molecular formula is C11H14O3. The molecule has 0 saturated heterocycles. The molecule has 3 heteroatoms. The molecular weight excluding hydrogens is 180 g/mol. The van der Waals surface area contributed by atoms with Crippen LogP contribution in [0.25, 0.3) is 0 Å². The zero-order valence-corrected chi connectivity index (χ0v) is 8.45. The number of rotatable bonds is 4. The highest BCUT2D eigenvalue weighted by molar-refractivity contribution is 5.73. The van der Waals surface area contributed by atoms with Gasteiger partial charge >= 0.3 is 5.97 Å². The Balaban J connectivity index is 2.70. The number of benzene rings is 1. The Bertz CT molecular complexity index is 307. The number of carbonyl (C=O) groups excluding carboxylic acids is 1. The van der Waals surface area contributed by atoms with Crippen LogP contribution in [0, 0.1) is 0 Å². The summed E-state index contributed by atoms with van der Waals surface area (Å²) >= 11 is 0. The van der Waals surface area contributed by atoms with Gasteiger partial charge < -0.3 is 9.47 Å². The Morgan fingerprint density at radius 3 is 2.71 bits per heavy atom. The van der Waals surface area contributed by atoms with E-state index in [2.05, 4.69) is 4.74 Å². The third kappa shape index (κ3) is 2.85. The quantitative estimate of drug-likeness (QED) is 0.541. The number of hydrogen-bond donors (Lipinski definition) is 0. The summed E-state index contributed by atoms with van der Waals surface area (Å²) in [6.07, 6.45) is 0.844. The van der Waals surface area contributed by atoms with Gasteiger partial charge in [0.05, 0.1) is 0 Å². The van der Waals surface area contributed by atoms with Crippen LogP contribution in [0.5, 0.6) is 5.75 Å². The third-order valence-electron chi connectivity index (χ3n) is 1.84. The van der Waals surface area contributed by atoms with Crippen molar-refractivity contribution in [2.24, 2.45) is 0 Å². The summed E-state index contributed by atoms with van der Waals surface area (Å²) in [6.45, 7) is 2.00. The molecule has 0 atom stereocenters. The average Bonchev–Trinajstić information content (AvgIpc) is 2.19. The van der Waals surface area contributed by atoms with Crippen LogP contribution in [-0.2, 0) is 16.0 Å². The smallest absolute Gasteiger partial charge is 0.337 e. The van der Waals surface area contributed by atoms with Gasteiger partial charge in [0.2, 0.25) is 0 Å². The molecule has 3 nitrogen and oxygen atoms in total. The van der Waals surface area contributed by atoms with Gasteiger partial charge in [-0.2, -0.15) is 0 Å². The molecule has 0 unspecified atom stereocenters. The second-order valence-corrected chi connectivity index (χ2v) is 2.87. The molecule has 0 bridgehead atoms. The third-order valence-corrected chi connectivity index (χ3v) is 1.84. The first-order valence-corrected chi connectivity index (χ1v) is 4.55. The lowest BCUT2D eigenvalue weighted by Crippen LogP contribution is -2.14. The molecule has 0 amide bonds. The van der Waals surface area contributed by atoms with E-state index in [1.165, 1.54) is 7.11 Å². The summed E-state index contributed by atoms with van der Waals surface area (Å²) in [7, 11) is 1.47. The lowest BCUT2D eigenvalue weighted by Gasteiger charge is -2.07. The van der Waals surface area contributed by atoms with Crippen LogP contribution >= 0.6 is 0 Å². The van der Waals surface area contributed by atoms with E-state index in [0.29, 0.717) is 5.75 Å². The molecule has 0 heterocycles. The number of carbonyl (C=O) groups is 1. The number of methoxy groups -OCH3 is 1. The van der Waals surface area contributed by atoms with Crippen molar-refractivity contribution >= 4 is 5.97 Å². The Morgan fingerprint density at radius 2 is 2.07 bits per heavy atom. The van der Waals surface area contributed by atoms with E-state index in [1.54, 1.807) is 6.07 Å². The summed E-state index contributed by atoms with van der Waals surface area (Å²) in [6, 6.07) is 7.49. The molecule has 0 aliphatic rings. The van der Waals surface area contributed by atoms with E-state index in [1.807, 2.05) is 25.1 Å². The van der Waals surface area contributed by atoms with E-state index in [0.717, 1.165) is 12.0 Å². The molecule has 0 fully saturated rings. The Hall–Kier alpha value is -1.35. The monoisotopic (exact) mass is 194 g/mol. The maximum atomic E-state index is 11.1. The van der Waals surface area contributed by atoms with Crippen LogP contribution in [0.2, 0.25) is 0 Å². The van der Waals surface area contributed by atoms with Crippen LogP contribution in [0.4, 0.5) is 0 Å². The zero-order valence-electron chi connectivity index (χ0n) is 8.45. The van der Waals surface area contributed by atoms with Crippen molar-refractivity contribution in [3.8, 4) is 5.75 Å². The normalized spacial score (nSPS) is 9.86. The predicted molar refractivity (Wildman–Crippen MR) is 53.3 cm³/mol. The number of hydrogen-bond acceptors (Lipinski definition) is 3. The first-order chi connectivity index (χ1) is 6.77. The minimum absolute atomic E-state index is 0.0158. The molecule has 76 valence electrons. The van der Waals surface area contributed by atoms with Gasteiger partial charge in [-0.25, -0.2) is 4.79 Å². The van der Waals surface area contributed by atoms with Crippen molar-refractivity contribution in [2.45, 2.75) is 13.3 Å². The first kappa shape index (κ1) is 10.7. The van der Waals surface area contributed by atoms with E-state index < -0.39 is 0 Å². The van der Waals surface area contributed by atoms with Crippen LogP contribution in [0.3, 0.4) is 0 Å². The topological polar surface area (TPSA) is 35.5 Å². The predicted octanol–water partition coefficient (Wildman–Crippen LogP) is 1.80. The number of esters is 1. The molecule has 0 radical (unpaired) electrons. The summed E-state index contributed by atoms with van der Waals surface area (Å²) in [5.74, 6) is 0.255. The molecule has 1 aromatic carbocycles. The Kier molecular flexibility index (Phi) is 4.13. The van der Waals surface area contributed by atoms with Gasteiger partial charge in [0.1, 0.15) is 12.4 Å². The van der Waals surface area contributed by atoms with Crippen molar-refractivity contribution in [3.05, 3.63) is 29.8 Å². The first-order valence-electron chi connectivity index (χ1n) is 4.55. The standard InChI is InChI=1S/C11H14O3/c1-3-9-6-4-5-7-10(9)14-11(12)8-13-2/h4-7H,3,8H2,1-2H3. The summed E-state index contributed by atoms with van der Waals surface area (Å²) < 4.78 is 9.79. The maximum absolute atomic E-state index is 11.1. The molecule has 0 spiro atoms. The van der Waals surface area contributed by atoms with Crippen molar-refractivity contribution in [1.82, 2.24) is 0 Å². The minimum Gasteiger partial charge on any atom is -0.425 e. The van der Waals surface area contributed by atoms with Gasteiger partial charge in [-0.1, -0.05) is 25.1 Å². The Morgan fingerprint density at radius 1 is 1.36 bits per heavy atom. The summed E-state index contributed by atoms with van der Waals surface area (Å²) in [5.41, 5.74) is 1.02. The van der Waals surface area contributed by atoms with Gasteiger partial charge in [0, 0.05) is 7.11 Å². The molecule has 1 aromatic rings. The molecule has 0 aliphatic heterocycles. The average molecular weight is 194 g/mol. The van der Waals surface area contributed by atoms with Crippen LogP contribution in [0.1, 0.15) is 12.5 Å².